The Bertz CT molecular complexity index is 686. The second kappa shape index (κ2) is 6.53. The van der Waals surface area contributed by atoms with Crippen LogP contribution < -0.4 is 9.46 Å². The summed E-state index contributed by atoms with van der Waals surface area (Å²) < 4.78 is 31.9. The molecule has 0 spiro atoms. The molecule has 0 saturated heterocycles. The lowest BCUT2D eigenvalue weighted by atomic mass is 10.2. The molecule has 1 aromatic carbocycles. The van der Waals surface area contributed by atoms with Crippen molar-refractivity contribution in [1.82, 2.24) is 9.71 Å². The Morgan fingerprint density at radius 1 is 1.45 bits per heavy atom. The van der Waals surface area contributed by atoms with Gasteiger partial charge in [-0.15, -0.1) is 0 Å². The maximum Gasteiger partial charge on any atom is 0.251 e. The number of nitrogens with one attached hydrogen (secondary N) is 1. The third kappa shape index (κ3) is 4.17. The minimum Gasteiger partial charge on any atom is -0.492 e. The van der Waals surface area contributed by atoms with E-state index in [1.165, 1.54) is 6.20 Å². The molecular formula is C12H13ClN2O3S2. The quantitative estimate of drug-likeness (QED) is 0.825. The zero-order chi connectivity index (χ0) is 14.6. The minimum atomic E-state index is -3.56. The van der Waals surface area contributed by atoms with E-state index in [0.29, 0.717) is 5.75 Å². The average molecular weight is 333 g/mol. The summed E-state index contributed by atoms with van der Waals surface area (Å²) in [6.45, 7) is 2.38. The Morgan fingerprint density at radius 3 is 2.90 bits per heavy atom. The molecule has 0 aliphatic carbocycles. The van der Waals surface area contributed by atoms with E-state index in [1.54, 1.807) is 0 Å². The molecule has 0 unspecified atom stereocenters. The number of hydrogen-bond acceptors (Lipinski definition) is 5. The number of aromatic nitrogens is 1. The summed E-state index contributed by atoms with van der Waals surface area (Å²) >= 11 is 6.53. The number of thiazole rings is 1. The van der Waals surface area contributed by atoms with Gasteiger partial charge >= 0.3 is 0 Å². The predicted molar refractivity (Wildman–Crippen MR) is 79.0 cm³/mol. The molecule has 2 rings (SSSR count). The highest BCUT2D eigenvalue weighted by atomic mass is 35.5. The summed E-state index contributed by atoms with van der Waals surface area (Å²) in [6.07, 6.45) is 1.23. The lowest BCUT2D eigenvalue weighted by molar-refractivity contribution is 0.322. The molecule has 1 heterocycles. The molecule has 0 saturated carbocycles. The monoisotopic (exact) mass is 332 g/mol. The van der Waals surface area contributed by atoms with Gasteiger partial charge in [-0.3, -0.25) is 0 Å². The number of benzene rings is 1. The number of aryl methyl sites for hydroxylation is 1. The van der Waals surface area contributed by atoms with Gasteiger partial charge in [-0.25, -0.2) is 18.1 Å². The van der Waals surface area contributed by atoms with E-state index in [1.807, 2.05) is 31.2 Å². The Kier molecular flexibility index (Phi) is 4.98. The third-order valence-electron chi connectivity index (χ3n) is 2.37. The largest absolute Gasteiger partial charge is 0.492 e. The first-order valence-corrected chi connectivity index (χ1v) is 8.45. The summed E-state index contributed by atoms with van der Waals surface area (Å²) in [5.41, 5.74) is 1.09. The van der Waals surface area contributed by atoms with E-state index in [4.69, 9.17) is 16.3 Å². The van der Waals surface area contributed by atoms with Gasteiger partial charge in [-0.2, -0.15) is 0 Å². The molecule has 0 bridgehead atoms. The van der Waals surface area contributed by atoms with Crippen LogP contribution >= 0.6 is 22.9 Å². The number of nitrogens with zero attached hydrogens (tertiary/aromatic N) is 1. The molecule has 0 radical (unpaired) electrons. The Balaban J connectivity index is 1.84. The first-order chi connectivity index (χ1) is 9.47. The van der Waals surface area contributed by atoms with Crippen LogP contribution in [0.2, 0.25) is 4.47 Å². The van der Waals surface area contributed by atoms with Crippen molar-refractivity contribution in [3.8, 4) is 5.75 Å². The van der Waals surface area contributed by atoms with Crippen LogP contribution in [-0.4, -0.2) is 26.6 Å². The van der Waals surface area contributed by atoms with Crippen molar-refractivity contribution < 1.29 is 13.2 Å². The van der Waals surface area contributed by atoms with Gasteiger partial charge in [0.2, 0.25) is 0 Å². The van der Waals surface area contributed by atoms with E-state index in [0.717, 1.165) is 16.9 Å². The first-order valence-electron chi connectivity index (χ1n) is 5.78. The highest BCUT2D eigenvalue weighted by Gasteiger charge is 2.16. The van der Waals surface area contributed by atoms with Crippen LogP contribution in [0.5, 0.6) is 5.75 Å². The van der Waals surface area contributed by atoms with Crippen molar-refractivity contribution in [2.24, 2.45) is 0 Å². The normalized spacial score (nSPS) is 11.5. The number of halogens is 1. The first kappa shape index (κ1) is 15.2. The van der Waals surface area contributed by atoms with Crippen LogP contribution in [0, 0.1) is 6.92 Å². The molecule has 5 nitrogen and oxygen atoms in total. The SMILES string of the molecule is Cc1cccc(OCCNS(=O)(=O)c2cnc(Cl)s2)c1. The summed E-state index contributed by atoms with van der Waals surface area (Å²) in [5, 5.41) is 0. The van der Waals surface area contributed by atoms with E-state index < -0.39 is 10.0 Å². The fraction of sp³-hybridized carbons (Fsp3) is 0.250. The molecule has 0 fully saturated rings. The molecular weight excluding hydrogens is 320 g/mol. The van der Waals surface area contributed by atoms with Gasteiger partial charge in [0, 0.05) is 6.54 Å². The summed E-state index contributed by atoms with van der Waals surface area (Å²) in [5.74, 6) is 0.713. The Morgan fingerprint density at radius 2 is 2.25 bits per heavy atom. The zero-order valence-corrected chi connectivity index (χ0v) is 13.1. The Hall–Kier alpha value is -1.15. The molecule has 8 heteroatoms. The molecule has 0 amide bonds. The highest BCUT2D eigenvalue weighted by molar-refractivity contribution is 7.91. The van der Waals surface area contributed by atoms with E-state index in [9.17, 15) is 8.42 Å². The predicted octanol–water partition coefficient (Wildman–Crippen LogP) is 2.46. The fourth-order valence-electron chi connectivity index (χ4n) is 1.48. The molecule has 2 aromatic rings. The smallest absolute Gasteiger partial charge is 0.251 e. The summed E-state index contributed by atoms with van der Waals surface area (Å²) in [6, 6.07) is 7.55. The molecule has 20 heavy (non-hydrogen) atoms. The second-order valence-corrected chi connectivity index (χ2v) is 7.60. The molecule has 0 aliphatic heterocycles. The van der Waals surface area contributed by atoms with Crippen LogP contribution in [0.3, 0.4) is 0 Å². The van der Waals surface area contributed by atoms with E-state index in [-0.39, 0.29) is 21.8 Å². The van der Waals surface area contributed by atoms with Crippen LogP contribution in [0.15, 0.2) is 34.7 Å². The summed E-state index contributed by atoms with van der Waals surface area (Å²) in [4.78, 5) is 3.70. The number of hydrogen-bond donors (Lipinski definition) is 1. The van der Waals surface area contributed by atoms with Crippen LogP contribution in [0.1, 0.15) is 5.56 Å². The van der Waals surface area contributed by atoms with Gasteiger partial charge in [0.1, 0.15) is 12.4 Å². The van der Waals surface area contributed by atoms with Gasteiger partial charge in [-0.05, 0) is 24.6 Å². The van der Waals surface area contributed by atoms with Crippen molar-refractivity contribution in [1.29, 1.82) is 0 Å². The zero-order valence-electron chi connectivity index (χ0n) is 10.7. The second-order valence-electron chi connectivity index (χ2n) is 3.99. The molecule has 108 valence electrons. The van der Waals surface area contributed by atoms with Crippen molar-refractivity contribution in [2.45, 2.75) is 11.1 Å². The maximum absolute atomic E-state index is 11.9. The van der Waals surface area contributed by atoms with Crippen molar-refractivity contribution in [3.05, 3.63) is 40.5 Å². The summed E-state index contributed by atoms with van der Waals surface area (Å²) in [7, 11) is -3.56. The van der Waals surface area contributed by atoms with Gasteiger partial charge in [-0.1, -0.05) is 35.1 Å². The number of sulfonamides is 1. The van der Waals surface area contributed by atoms with E-state index >= 15 is 0 Å². The average Bonchev–Trinajstić information content (AvgIpc) is 2.82. The molecule has 1 N–H and O–H groups in total. The van der Waals surface area contributed by atoms with Gasteiger partial charge < -0.3 is 4.74 Å². The standard InChI is InChI=1S/C12H13ClN2O3S2/c1-9-3-2-4-10(7-9)18-6-5-15-20(16,17)11-8-14-12(13)19-11/h2-4,7-8,15H,5-6H2,1H3. The lowest BCUT2D eigenvalue weighted by Gasteiger charge is -2.07. The Labute approximate surface area is 126 Å². The maximum atomic E-state index is 11.9. The van der Waals surface area contributed by atoms with Crippen LogP contribution in [0.25, 0.3) is 0 Å². The molecule has 1 aromatic heterocycles. The van der Waals surface area contributed by atoms with Gasteiger partial charge in [0.15, 0.2) is 8.68 Å². The number of rotatable bonds is 6. The number of ether oxygens (including phenoxy) is 1. The third-order valence-corrected chi connectivity index (χ3v) is 5.41. The van der Waals surface area contributed by atoms with E-state index in [2.05, 4.69) is 9.71 Å². The van der Waals surface area contributed by atoms with Crippen LogP contribution in [0.4, 0.5) is 0 Å². The fourth-order valence-corrected chi connectivity index (χ4v) is 3.84. The minimum absolute atomic E-state index is 0.0954. The lowest BCUT2D eigenvalue weighted by Crippen LogP contribution is -2.27. The van der Waals surface area contributed by atoms with Crippen molar-refractivity contribution in [2.75, 3.05) is 13.2 Å². The van der Waals surface area contributed by atoms with Crippen molar-refractivity contribution >= 4 is 33.0 Å². The molecule has 0 aliphatic rings. The highest BCUT2D eigenvalue weighted by Crippen LogP contribution is 2.21. The van der Waals surface area contributed by atoms with Crippen LogP contribution in [-0.2, 0) is 10.0 Å². The van der Waals surface area contributed by atoms with Gasteiger partial charge in [0.05, 0.1) is 6.20 Å². The van der Waals surface area contributed by atoms with Crippen molar-refractivity contribution in [3.63, 3.8) is 0 Å². The molecule has 0 atom stereocenters. The van der Waals surface area contributed by atoms with Gasteiger partial charge in [0.25, 0.3) is 10.0 Å². The topological polar surface area (TPSA) is 68.3 Å².